The smallest absolute Gasteiger partial charge is 0.336 e. The fourth-order valence-electron chi connectivity index (χ4n) is 5.75. The molecule has 0 spiro atoms. The van der Waals surface area contributed by atoms with Crippen molar-refractivity contribution in [3.05, 3.63) is 94.4 Å². The van der Waals surface area contributed by atoms with E-state index in [1.54, 1.807) is 6.07 Å². The lowest BCUT2D eigenvalue weighted by atomic mass is 9.87. The number of allylic oxidation sites excluding steroid dienone is 5. The van der Waals surface area contributed by atoms with Gasteiger partial charge in [0.2, 0.25) is 0 Å². The average Bonchev–Trinajstić information content (AvgIpc) is 2.83. The van der Waals surface area contributed by atoms with Gasteiger partial charge in [-0.1, -0.05) is 18.3 Å². The Hall–Kier alpha value is -3.97. The van der Waals surface area contributed by atoms with Crippen LogP contribution in [0.25, 0.3) is 5.57 Å². The zero-order chi connectivity index (χ0) is 25.7. The standard InChI is InChI=1S/C30H28N2O4Si/c1-3-37(2)27-16-20(31-12-4-13-31)6-9-24(27)29(25-10-7-21(17-28(25)37)32-14-5-15-32)26-18-22(36-19-33)8-11-23(26)30(34)35/h3,6-11,16-19H,1,4-5,12-15H2,2H3/p+1. The molecular formula is C30H29N2O4Si+. The van der Waals surface area contributed by atoms with Gasteiger partial charge >= 0.3 is 5.97 Å². The number of carbonyl (C=O) groups excluding carboxylic acids is 1. The molecule has 3 aliphatic heterocycles. The first-order chi connectivity index (χ1) is 17.9. The Morgan fingerprint density at radius 3 is 2.54 bits per heavy atom. The van der Waals surface area contributed by atoms with Crippen LogP contribution >= 0.6 is 0 Å². The second-order valence-corrected chi connectivity index (χ2v) is 14.0. The molecule has 1 aliphatic carbocycles. The number of carboxylic acids is 1. The highest BCUT2D eigenvalue weighted by atomic mass is 28.3. The van der Waals surface area contributed by atoms with Crippen LogP contribution in [0.5, 0.6) is 5.75 Å². The van der Waals surface area contributed by atoms with E-state index in [9.17, 15) is 14.7 Å². The van der Waals surface area contributed by atoms with Gasteiger partial charge in [-0.15, -0.1) is 6.58 Å². The summed E-state index contributed by atoms with van der Waals surface area (Å²) in [4.78, 5) is 25.9. The van der Waals surface area contributed by atoms with Crippen LogP contribution in [0.4, 0.5) is 5.69 Å². The topological polar surface area (TPSA) is 69.8 Å². The molecule has 2 aromatic carbocycles. The SMILES string of the molecule is C=C[Si]1(C)C2=CC(=[N+]3CCC3)C=CC2=C(c2cc(OC=O)ccc2C(=O)O)c2ccc(N3CCC3)cc21. The molecule has 2 aromatic rings. The summed E-state index contributed by atoms with van der Waals surface area (Å²) in [5.41, 5.74) is 8.16. The highest BCUT2D eigenvalue weighted by Gasteiger charge is 2.43. The van der Waals surface area contributed by atoms with E-state index >= 15 is 0 Å². The first-order valence-corrected chi connectivity index (χ1v) is 15.3. The third-order valence-corrected chi connectivity index (χ3v) is 12.1. The molecule has 6 nitrogen and oxygen atoms in total. The van der Waals surface area contributed by atoms with Gasteiger partial charge < -0.3 is 14.7 Å². The summed E-state index contributed by atoms with van der Waals surface area (Å²) in [7, 11) is -2.38. The van der Waals surface area contributed by atoms with Gasteiger partial charge in [0.1, 0.15) is 26.9 Å². The van der Waals surface area contributed by atoms with Crippen LogP contribution < -0.4 is 14.8 Å². The minimum atomic E-state index is -2.38. The molecular weight excluding hydrogens is 480 g/mol. The summed E-state index contributed by atoms with van der Waals surface area (Å²) in [5.74, 6) is -0.707. The van der Waals surface area contributed by atoms with Crippen molar-refractivity contribution in [3.8, 4) is 5.75 Å². The fraction of sp³-hybridized carbons (Fsp3) is 0.233. The van der Waals surface area contributed by atoms with Crippen molar-refractivity contribution in [2.24, 2.45) is 0 Å². The number of fused-ring (bicyclic) bond motifs is 2. The molecule has 0 saturated carbocycles. The third kappa shape index (κ3) is 3.64. The molecule has 2 saturated heterocycles. The first-order valence-electron chi connectivity index (χ1n) is 12.7. The van der Waals surface area contributed by atoms with E-state index in [0.717, 1.165) is 42.9 Å². The Bertz CT molecular complexity index is 1490. The molecule has 0 amide bonds. The van der Waals surface area contributed by atoms with Crippen molar-refractivity contribution in [1.82, 2.24) is 0 Å². The average molecular weight is 510 g/mol. The quantitative estimate of drug-likeness (QED) is 0.364. The number of rotatable bonds is 6. The van der Waals surface area contributed by atoms with Crippen LogP contribution in [0.15, 0.2) is 77.7 Å². The van der Waals surface area contributed by atoms with Crippen LogP contribution in [0.2, 0.25) is 6.55 Å². The summed E-state index contributed by atoms with van der Waals surface area (Å²) in [5, 5.41) is 12.6. The van der Waals surface area contributed by atoms with Gasteiger partial charge in [-0.3, -0.25) is 4.79 Å². The number of anilines is 1. The van der Waals surface area contributed by atoms with E-state index in [4.69, 9.17) is 4.74 Å². The summed E-state index contributed by atoms with van der Waals surface area (Å²) in [6, 6.07) is 11.3. The molecule has 7 heteroatoms. The summed E-state index contributed by atoms with van der Waals surface area (Å²) < 4.78 is 7.53. The van der Waals surface area contributed by atoms with Crippen molar-refractivity contribution in [2.75, 3.05) is 31.1 Å². The third-order valence-electron chi connectivity index (χ3n) is 8.19. The molecule has 1 atom stereocenters. The lowest BCUT2D eigenvalue weighted by molar-refractivity contribution is -0.582. The summed E-state index contributed by atoms with van der Waals surface area (Å²) >= 11 is 0. The van der Waals surface area contributed by atoms with E-state index in [1.807, 2.05) is 0 Å². The number of hydrogen-bond acceptors (Lipinski definition) is 4. The van der Waals surface area contributed by atoms with Crippen LogP contribution in [0.1, 0.15) is 34.3 Å². The van der Waals surface area contributed by atoms with E-state index in [0.29, 0.717) is 17.8 Å². The fourth-order valence-corrected chi connectivity index (χ4v) is 8.91. The number of nitrogens with zero attached hydrogens (tertiary/aromatic N) is 2. The maximum Gasteiger partial charge on any atom is 0.336 e. The van der Waals surface area contributed by atoms with Crippen molar-refractivity contribution < 1.29 is 24.0 Å². The number of carbonyl (C=O) groups is 2. The maximum absolute atomic E-state index is 12.4. The number of ether oxygens (including phenoxy) is 1. The van der Waals surface area contributed by atoms with Crippen LogP contribution in [-0.4, -0.2) is 62.1 Å². The molecule has 0 aromatic heterocycles. The van der Waals surface area contributed by atoms with Gasteiger partial charge in [-0.05, 0) is 69.9 Å². The molecule has 3 heterocycles. The number of aromatic carboxylic acids is 1. The minimum Gasteiger partial charge on any atom is -0.478 e. The largest absolute Gasteiger partial charge is 0.478 e. The monoisotopic (exact) mass is 509 g/mol. The lowest BCUT2D eigenvalue weighted by Gasteiger charge is -2.40. The van der Waals surface area contributed by atoms with Gasteiger partial charge in [-0.25, -0.2) is 9.37 Å². The number of carboxylic acid groups (broad SMARTS) is 1. The van der Waals surface area contributed by atoms with Crippen LogP contribution in [0, 0.1) is 0 Å². The van der Waals surface area contributed by atoms with Crippen LogP contribution in [-0.2, 0) is 4.79 Å². The number of hydrogen-bond donors (Lipinski definition) is 1. The molecule has 1 N–H and O–H groups in total. The van der Waals surface area contributed by atoms with E-state index in [2.05, 4.69) is 64.7 Å². The first kappa shape index (κ1) is 23.4. The van der Waals surface area contributed by atoms with Gasteiger partial charge in [-0.2, -0.15) is 0 Å². The molecule has 4 aliphatic rings. The molecule has 0 radical (unpaired) electrons. The van der Waals surface area contributed by atoms with Crippen molar-refractivity contribution in [1.29, 1.82) is 0 Å². The van der Waals surface area contributed by atoms with E-state index < -0.39 is 14.0 Å². The Kier molecular flexibility index (Phi) is 5.60. The number of benzene rings is 2. The second-order valence-electron chi connectivity index (χ2n) is 10.1. The molecule has 186 valence electrons. The minimum absolute atomic E-state index is 0.174. The maximum atomic E-state index is 12.4. The van der Waals surface area contributed by atoms with Gasteiger partial charge in [0, 0.05) is 36.5 Å². The van der Waals surface area contributed by atoms with E-state index in [-0.39, 0.29) is 5.56 Å². The Morgan fingerprint density at radius 2 is 1.92 bits per heavy atom. The summed E-state index contributed by atoms with van der Waals surface area (Å²) in [6.07, 6.45) is 8.96. The highest BCUT2D eigenvalue weighted by molar-refractivity contribution is 7.02. The van der Waals surface area contributed by atoms with Gasteiger partial charge in [0.25, 0.3) is 6.47 Å². The Morgan fingerprint density at radius 1 is 1.11 bits per heavy atom. The second kappa shape index (κ2) is 8.85. The van der Waals surface area contributed by atoms with Crippen molar-refractivity contribution in [3.63, 3.8) is 0 Å². The highest BCUT2D eigenvalue weighted by Crippen LogP contribution is 2.44. The molecule has 0 bridgehead atoms. The van der Waals surface area contributed by atoms with Crippen molar-refractivity contribution in [2.45, 2.75) is 19.4 Å². The van der Waals surface area contributed by atoms with E-state index in [1.165, 1.54) is 46.8 Å². The molecule has 2 fully saturated rings. The summed E-state index contributed by atoms with van der Waals surface area (Å²) in [6.45, 7) is 11.2. The Labute approximate surface area is 217 Å². The molecule has 37 heavy (non-hydrogen) atoms. The normalized spacial score (nSPS) is 21.9. The molecule has 6 rings (SSSR count). The molecule has 1 unspecified atom stereocenters. The zero-order valence-electron chi connectivity index (χ0n) is 20.9. The van der Waals surface area contributed by atoms with Gasteiger partial charge in [0.15, 0.2) is 5.71 Å². The van der Waals surface area contributed by atoms with Crippen molar-refractivity contribution >= 4 is 42.7 Å². The van der Waals surface area contributed by atoms with Crippen LogP contribution in [0.3, 0.4) is 0 Å². The Balaban J connectivity index is 1.67. The lowest BCUT2D eigenvalue weighted by Crippen LogP contribution is -2.51. The van der Waals surface area contributed by atoms with Gasteiger partial charge in [0.05, 0.1) is 12.0 Å². The predicted molar refractivity (Wildman–Crippen MR) is 148 cm³/mol. The predicted octanol–water partition coefficient (Wildman–Crippen LogP) is 3.85. The zero-order valence-corrected chi connectivity index (χ0v) is 21.9.